The van der Waals surface area contributed by atoms with E-state index in [4.69, 9.17) is 11.6 Å². The van der Waals surface area contributed by atoms with Crippen LogP contribution in [0.1, 0.15) is 19.3 Å². The zero-order valence-electron chi connectivity index (χ0n) is 19.1. The van der Waals surface area contributed by atoms with Crippen LogP contribution >= 0.6 is 11.6 Å². The number of likely N-dealkylation sites (tertiary alicyclic amines) is 1. The Hall–Kier alpha value is -2.39. The number of carbonyl (C=O) groups is 1. The molecule has 3 aliphatic heterocycles. The van der Waals surface area contributed by atoms with Crippen molar-refractivity contribution in [2.45, 2.75) is 31.5 Å². The summed E-state index contributed by atoms with van der Waals surface area (Å²) in [5.74, 6) is 0.776. The number of carbonyl (C=O) groups excluding carboxylic acids is 1. The van der Waals surface area contributed by atoms with Gasteiger partial charge in [-0.3, -0.25) is 9.69 Å². The number of alkyl halides is 3. The number of hydrogen-bond acceptors (Lipinski definition) is 5. The fraction of sp³-hybridized carbons (Fsp3) is 0.542. The van der Waals surface area contributed by atoms with Crippen LogP contribution < -0.4 is 15.5 Å². The summed E-state index contributed by atoms with van der Waals surface area (Å²) in [7, 11) is 0. The predicted molar refractivity (Wildman–Crippen MR) is 128 cm³/mol. The van der Waals surface area contributed by atoms with Crippen molar-refractivity contribution in [1.82, 2.24) is 20.4 Å². The van der Waals surface area contributed by atoms with E-state index in [0.717, 1.165) is 68.2 Å². The molecule has 3 aliphatic rings. The fourth-order valence-corrected chi connectivity index (χ4v) is 4.81. The van der Waals surface area contributed by atoms with E-state index < -0.39 is 11.7 Å². The van der Waals surface area contributed by atoms with Crippen molar-refractivity contribution in [2.24, 2.45) is 0 Å². The van der Waals surface area contributed by atoms with Gasteiger partial charge >= 0.3 is 6.18 Å². The molecular weight excluding hydrogens is 467 g/mol. The lowest BCUT2D eigenvalue weighted by Crippen LogP contribution is -2.49. The summed E-state index contributed by atoms with van der Waals surface area (Å²) in [6, 6.07) is 7.99. The molecule has 0 radical (unpaired) electrons. The average Bonchev–Trinajstić information content (AvgIpc) is 2.83. The fourth-order valence-electron chi connectivity index (χ4n) is 4.62. The Morgan fingerprint density at radius 1 is 1.06 bits per heavy atom. The monoisotopic (exact) mass is 497 g/mol. The summed E-state index contributed by atoms with van der Waals surface area (Å²) in [4.78, 5) is 19.1. The lowest BCUT2D eigenvalue weighted by atomic mass is 10.0. The Bertz CT molecular complexity index is 919. The number of anilines is 1. The number of rotatable bonds is 6. The van der Waals surface area contributed by atoms with Crippen LogP contribution in [0, 0.1) is 0 Å². The van der Waals surface area contributed by atoms with Crippen molar-refractivity contribution < 1.29 is 18.0 Å². The van der Waals surface area contributed by atoms with Gasteiger partial charge in [-0.25, -0.2) is 0 Å². The Kier molecular flexibility index (Phi) is 7.93. The van der Waals surface area contributed by atoms with Gasteiger partial charge in [-0.05, 0) is 43.2 Å². The van der Waals surface area contributed by atoms with Gasteiger partial charge in [0.25, 0.3) is 0 Å². The molecule has 3 heterocycles. The third-order valence-corrected chi connectivity index (χ3v) is 6.90. The summed E-state index contributed by atoms with van der Waals surface area (Å²) in [6.45, 7) is 5.55. The standard InChI is InChI=1S/C24H31ClF3N5O/c25-19-2-1-3-21(16-19)32-14-12-31(13-15-32)9-8-23(34)30-20-6-10-33(11-7-20)22-5-4-18(17-29-22)24(26,27)28/h1-5,16,20,29H,6-15,17H2,(H,30,34). The number of piperazine rings is 1. The highest BCUT2D eigenvalue weighted by molar-refractivity contribution is 6.30. The first kappa shape index (κ1) is 24.7. The normalized spacial score (nSPS) is 20.5. The minimum Gasteiger partial charge on any atom is -0.369 e. The van der Waals surface area contributed by atoms with Gasteiger partial charge in [-0.15, -0.1) is 0 Å². The van der Waals surface area contributed by atoms with Crippen molar-refractivity contribution in [1.29, 1.82) is 0 Å². The topological polar surface area (TPSA) is 50.9 Å². The van der Waals surface area contributed by atoms with E-state index in [1.54, 1.807) is 0 Å². The second kappa shape index (κ2) is 10.9. The van der Waals surface area contributed by atoms with Gasteiger partial charge < -0.3 is 20.4 Å². The van der Waals surface area contributed by atoms with Gasteiger partial charge in [0.05, 0.1) is 5.57 Å². The van der Waals surface area contributed by atoms with Crippen molar-refractivity contribution in [3.63, 3.8) is 0 Å². The summed E-state index contributed by atoms with van der Waals surface area (Å²) >= 11 is 6.10. The van der Waals surface area contributed by atoms with Crippen molar-refractivity contribution >= 4 is 23.2 Å². The molecule has 0 atom stereocenters. The number of halogens is 4. The Labute approximate surface area is 203 Å². The zero-order chi connectivity index (χ0) is 24.1. The van der Waals surface area contributed by atoms with Crippen LogP contribution in [0.25, 0.3) is 0 Å². The first-order chi connectivity index (χ1) is 16.3. The molecule has 0 aliphatic carbocycles. The lowest BCUT2D eigenvalue weighted by molar-refractivity contribution is -0.122. The first-order valence-corrected chi connectivity index (χ1v) is 12.1. The number of nitrogens with zero attached hydrogens (tertiary/aromatic N) is 3. The second-order valence-corrected chi connectivity index (χ2v) is 9.42. The molecule has 0 unspecified atom stereocenters. The minimum atomic E-state index is -4.30. The van der Waals surface area contributed by atoms with E-state index >= 15 is 0 Å². The van der Waals surface area contributed by atoms with Crippen LogP contribution in [-0.2, 0) is 4.79 Å². The smallest absolute Gasteiger partial charge is 0.369 e. The van der Waals surface area contributed by atoms with Crippen LogP contribution in [0.2, 0.25) is 5.02 Å². The Morgan fingerprint density at radius 2 is 1.79 bits per heavy atom. The molecule has 0 aromatic heterocycles. The zero-order valence-corrected chi connectivity index (χ0v) is 19.8. The third kappa shape index (κ3) is 6.60. The molecule has 4 rings (SSSR count). The van der Waals surface area contributed by atoms with Crippen molar-refractivity contribution in [3.8, 4) is 0 Å². The van der Waals surface area contributed by atoms with Gasteiger partial charge in [0.2, 0.25) is 5.91 Å². The predicted octanol–water partition coefficient (Wildman–Crippen LogP) is 3.37. The van der Waals surface area contributed by atoms with Crippen LogP contribution in [-0.4, -0.2) is 80.3 Å². The molecule has 2 fully saturated rings. The maximum absolute atomic E-state index is 12.8. The summed E-state index contributed by atoms with van der Waals surface area (Å²) in [5.41, 5.74) is 0.566. The Morgan fingerprint density at radius 3 is 2.41 bits per heavy atom. The summed E-state index contributed by atoms with van der Waals surface area (Å²) in [5, 5.41) is 6.74. The van der Waals surface area contributed by atoms with E-state index in [1.165, 1.54) is 6.08 Å². The molecule has 0 saturated carbocycles. The highest BCUT2D eigenvalue weighted by Gasteiger charge is 2.34. The van der Waals surface area contributed by atoms with Gasteiger partial charge in [-0.1, -0.05) is 17.7 Å². The molecule has 1 amide bonds. The first-order valence-electron chi connectivity index (χ1n) is 11.8. The molecule has 2 saturated heterocycles. The average molecular weight is 498 g/mol. The molecule has 186 valence electrons. The number of allylic oxidation sites excluding steroid dienone is 2. The number of piperidine rings is 1. The van der Waals surface area contributed by atoms with Crippen LogP contribution in [0.5, 0.6) is 0 Å². The lowest BCUT2D eigenvalue weighted by Gasteiger charge is -2.37. The SMILES string of the molecule is O=C(CCN1CCN(c2cccc(Cl)c2)CC1)NC1CCN(C2=CC=C(C(F)(F)F)CN2)CC1. The van der Waals surface area contributed by atoms with Crippen LogP contribution in [0.3, 0.4) is 0 Å². The number of benzene rings is 1. The molecule has 0 bridgehead atoms. The molecule has 2 N–H and O–H groups in total. The van der Waals surface area contributed by atoms with E-state index in [0.29, 0.717) is 19.5 Å². The maximum atomic E-state index is 12.8. The molecule has 1 aromatic rings. The highest BCUT2D eigenvalue weighted by Crippen LogP contribution is 2.27. The van der Waals surface area contributed by atoms with Gasteiger partial charge in [0.15, 0.2) is 0 Å². The van der Waals surface area contributed by atoms with Gasteiger partial charge in [-0.2, -0.15) is 13.2 Å². The van der Waals surface area contributed by atoms with Gasteiger partial charge in [0.1, 0.15) is 5.82 Å². The van der Waals surface area contributed by atoms with Crippen LogP contribution in [0.4, 0.5) is 18.9 Å². The van der Waals surface area contributed by atoms with E-state index in [9.17, 15) is 18.0 Å². The number of hydrogen-bond donors (Lipinski definition) is 2. The maximum Gasteiger partial charge on any atom is 0.414 e. The van der Waals surface area contributed by atoms with E-state index in [2.05, 4.69) is 26.5 Å². The number of dihydropyridines is 1. The van der Waals surface area contributed by atoms with E-state index in [-0.39, 0.29) is 18.5 Å². The number of amides is 1. The summed E-state index contributed by atoms with van der Waals surface area (Å²) in [6.07, 6.45) is 0.370. The third-order valence-electron chi connectivity index (χ3n) is 6.67. The van der Waals surface area contributed by atoms with Crippen molar-refractivity contribution in [3.05, 3.63) is 52.8 Å². The molecular formula is C24H31ClF3N5O. The molecule has 10 heteroatoms. The summed E-state index contributed by atoms with van der Waals surface area (Å²) < 4.78 is 38.3. The second-order valence-electron chi connectivity index (χ2n) is 8.98. The number of nitrogens with one attached hydrogen (secondary N) is 2. The largest absolute Gasteiger partial charge is 0.414 e. The molecule has 6 nitrogen and oxygen atoms in total. The van der Waals surface area contributed by atoms with Crippen LogP contribution in [0.15, 0.2) is 47.8 Å². The highest BCUT2D eigenvalue weighted by atomic mass is 35.5. The Balaban J connectivity index is 1.14. The van der Waals surface area contributed by atoms with E-state index in [1.807, 2.05) is 23.1 Å². The minimum absolute atomic E-state index is 0.0588. The molecule has 0 spiro atoms. The quantitative estimate of drug-likeness (QED) is 0.631. The molecule has 1 aromatic carbocycles. The molecule has 34 heavy (non-hydrogen) atoms. The van der Waals surface area contributed by atoms with Gasteiger partial charge in [0, 0.05) is 75.5 Å². The van der Waals surface area contributed by atoms with Crippen molar-refractivity contribution in [2.75, 3.05) is 57.3 Å².